The third kappa shape index (κ3) is 3.04. The van der Waals surface area contributed by atoms with Crippen molar-refractivity contribution in [1.82, 2.24) is 15.5 Å². The van der Waals surface area contributed by atoms with Crippen molar-refractivity contribution >= 4 is 5.91 Å². The third-order valence-electron chi connectivity index (χ3n) is 4.06. The Morgan fingerprint density at radius 1 is 1.26 bits per heavy atom. The van der Waals surface area contributed by atoms with Gasteiger partial charge in [0, 0.05) is 6.07 Å². The van der Waals surface area contributed by atoms with Crippen LogP contribution in [0.3, 0.4) is 0 Å². The molecule has 5 nitrogen and oxygen atoms in total. The van der Waals surface area contributed by atoms with Gasteiger partial charge in [-0.15, -0.1) is 0 Å². The molecule has 0 saturated heterocycles. The maximum absolute atomic E-state index is 12.4. The topological polar surface area (TPSA) is 70.9 Å². The summed E-state index contributed by atoms with van der Waals surface area (Å²) in [5.41, 5.74) is 4.54. The van der Waals surface area contributed by atoms with Crippen molar-refractivity contribution in [2.75, 3.05) is 0 Å². The highest BCUT2D eigenvalue weighted by molar-refractivity contribution is 5.93. The highest BCUT2D eigenvalue weighted by Crippen LogP contribution is 2.21. The van der Waals surface area contributed by atoms with Crippen molar-refractivity contribution in [3.05, 3.63) is 65.0 Å². The monoisotopic (exact) mass is 309 g/mol. The van der Waals surface area contributed by atoms with Crippen molar-refractivity contribution < 1.29 is 9.21 Å². The molecule has 3 aromatic rings. The Labute approximate surface area is 134 Å². The minimum absolute atomic E-state index is 0.0915. The summed E-state index contributed by atoms with van der Waals surface area (Å²) in [6.07, 6.45) is 1.58. The number of furan rings is 1. The second-order valence-corrected chi connectivity index (χ2v) is 5.63. The van der Waals surface area contributed by atoms with Gasteiger partial charge in [-0.05, 0) is 49.6 Å². The van der Waals surface area contributed by atoms with Crippen molar-refractivity contribution in [2.24, 2.45) is 0 Å². The molecular weight excluding hydrogens is 290 g/mol. The molecule has 1 aromatic carbocycles. The number of nitrogens with zero attached hydrogens (tertiary/aromatic N) is 1. The Kier molecular flexibility index (Phi) is 4.02. The molecule has 0 aliphatic rings. The van der Waals surface area contributed by atoms with Crippen molar-refractivity contribution in [2.45, 2.75) is 26.8 Å². The van der Waals surface area contributed by atoms with E-state index in [0.29, 0.717) is 17.1 Å². The summed E-state index contributed by atoms with van der Waals surface area (Å²) in [4.78, 5) is 12.4. The van der Waals surface area contributed by atoms with Gasteiger partial charge in [-0.1, -0.05) is 18.2 Å². The lowest BCUT2D eigenvalue weighted by Crippen LogP contribution is -2.27. The molecule has 1 amide bonds. The molecule has 0 aliphatic heterocycles. The van der Waals surface area contributed by atoms with Crippen LogP contribution in [0.25, 0.3) is 11.5 Å². The van der Waals surface area contributed by atoms with Crippen LogP contribution in [-0.4, -0.2) is 16.1 Å². The first-order chi connectivity index (χ1) is 11.1. The number of benzene rings is 1. The number of aryl methyl sites for hydroxylation is 1. The minimum atomic E-state index is -0.215. The molecule has 0 saturated carbocycles. The fourth-order valence-corrected chi connectivity index (χ4v) is 2.59. The zero-order chi connectivity index (χ0) is 16.4. The largest absolute Gasteiger partial charge is 0.463 e. The fourth-order valence-electron chi connectivity index (χ4n) is 2.59. The standard InChI is InChI=1S/C18H19N3O2/c1-11-6-4-7-14(12(11)2)13(3)19-18(22)16-10-15(20-21-16)17-8-5-9-23-17/h4-10,13H,1-3H3,(H,19,22)(H,20,21). The zero-order valence-electron chi connectivity index (χ0n) is 13.4. The molecule has 23 heavy (non-hydrogen) atoms. The van der Waals surface area contributed by atoms with Crippen LogP contribution in [0, 0.1) is 13.8 Å². The Hall–Kier alpha value is -2.82. The Balaban J connectivity index is 1.75. The Morgan fingerprint density at radius 3 is 2.83 bits per heavy atom. The van der Waals surface area contributed by atoms with E-state index in [1.54, 1.807) is 18.4 Å². The third-order valence-corrected chi connectivity index (χ3v) is 4.06. The number of nitrogens with one attached hydrogen (secondary N) is 2. The molecular formula is C18H19N3O2. The average Bonchev–Trinajstić information content (AvgIpc) is 3.20. The van der Waals surface area contributed by atoms with E-state index in [-0.39, 0.29) is 11.9 Å². The van der Waals surface area contributed by atoms with Gasteiger partial charge in [0.25, 0.3) is 5.91 Å². The Morgan fingerprint density at radius 2 is 2.09 bits per heavy atom. The van der Waals surface area contributed by atoms with Crippen LogP contribution in [0.5, 0.6) is 0 Å². The quantitative estimate of drug-likeness (QED) is 0.770. The number of carbonyl (C=O) groups is 1. The lowest BCUT2D eigenvalue weighted by Gasteiger charge is -2.17. The zero-order valence-corrected chi connectivity index (χ0v) is 13.4. The summed E-state index contributed by atoms with van der Waals surface area (Å²) in [5, 5.41) is 9.87. The van der Waals surface area contributed by atoms with E-state index in [2.05, 4.69) is 35.4 Å². The number of aromatic amines is 1. The number of hydrogen-bond donors (Lipinski definition) is 2. The highest BCUT2D eigenvalue weighted by Gasteiger charge is 2.17. The van der Waals surface area contributed by atoms with E-state index in [9.17, 15) is 4.79 Å². The number of hydrogen-bond acceptors (Lipinski definition) is 3. The van der Waals surface area contributed by atoms with E-state index in [1.807, 2.05) is 25.1 Å². The summed E-state index contributed by atoms with van der Waals surface area (Å²) in [6, 6.07) is 11.3. The molecule has 3 rings (SSSR count). The predicted molar refractivity (Wildman–Crippen MR) is 88.1 cm³/mol. The SMILES string of the molecule is Cc1cccc(C(C)NC(=O)c2cc(-c3ccco3)[nH]n2)c1C. The maximum Gasteiger partial charge on any atom is 0.272 e. The van der Waals surface area contributed by atoms with Gasteiger partial charge in [0.1, 0.15) is 5.69 Å². The van der Waals surface area contributed by atoms with Crippen molar-refractivity contribution in [1.29, 1.82) is 0 Å². The molecule has 0 aliphatic carbocycles. The van der Waals surface area contributed by atoms with Crippen LogP contribution in [-0.2, 0) is 0 Å². The first-order valence-electron chi connectivity index (χ1n) is 7.52. The fraction of sp³-hybridized carbons (Fsp3) is 0.222. The van der Waals surface area contributed by atoms with E-state index >= 15 is 0 Å². The van der Waals surface area contributed by atoms with E-state index in [4.69, 9.17) is 4.42 Å². The molecule has 0 bridgehead atoms. The molecule has 2 aromatic heterocycles. The predicted octanol–water partition coefficient (Wildman–Crippen LogP) is 3.78. The molecule has 5 heteroatoms. The van der Waals surface area contributed by atoms with E-state index in [1.165, 1.54) is 11.1 Å². The summed E-state index contributed by atoms with van der Waals surface area (Å²) < 4.78 is 5.29. The first-order valence-corrected chi connectivity index (χ1v) is 7.52. The normalized spacial score (nSPS) is 12.1. The van der Waals surface area contributed by atoms with Gasteiger partial charge in [-0.3, -0.25) is 9.89 Å². The summed E-state index contributed by atoms with van der Waals surface area (Å²) >= 11 is 0. The molecule has 1 unspecified atom stereocenters. The second kappa shape index (κ2) is 6.12. The smallest absolute Gasteiger partial charge is 0.272 e. The van der Waals surface area contributed by atoms with Crippen LogP contribution in [0.4, 0.5) is 0 Å². The van der Waals surface area contributed by atoms with Gasteiger partial charge in [0.2, 0.25) is 0 Å². The van der Waals surface area contributed by atoms with Crippen LogP contribution >= 0.6 is 0 Å². The number of H-pyrrole nitrogens is 1. The van der Waals surface area contributed by atoms with Crippen LogP contribution in [0.2, 0.25) is 0 Å². The number of amides is 1. The molecule has 0 radical (unpaired) electrons. The van der Waals surface area contributed by atoms with Crippen molar-refractivity contribution in [3.63, 3.8) is 0 Å². The number of aromatic nitrogens is 2. The number of carbonyl (C=O) groups excluding carboxylic acids is 1. The first kappa shape index (κ1) is 15.1. The lowest BCUT2D eigenvalue weighted by molar-refractivity contribution is 0.0934. The van der Waals surface area contributed by atoms with Gasteiger partial charge in [0.05, 0.1) is 12.3 Å². The highest BCUT2D eigenvalue weighted by atomic mass is 16.3. The van der Waals surface area contributed by atoms with Crippen LogP contribution in [0.15, 0.2) is 47.1 Å². The molecule has 118 valence electrons. The number of rotatable bonds is 4. The molecule has 2 heterocycles. The lowest BCUT2D eigenvalue weighted by atomic mass is 9.98. The van der Waals surface area contributed by atoms with Crippen molar-refractivity contribution in [3.8, 4) is 11.5 Å². The average molecular weight is 309 g/mol. The maximum atomic E-state index is 12.4. The minimum Gasteiger partial charge on any atom is -0.463 e. The van der Waals surface area contributed by atoms with Gasteiger partial charge in [0.15, 0.2) is 11.5 Å². The molecule has 0 fully saturated rings. The van der Waals surface area contributed by atoms with E-state index in [0.717, 1.165) is 5.56 Å². The van der Waals surface area contributed by atoms with Gasteiger partial charge >= 0.3 is 0 Å². The van der Waals surface area contributed by atoms with Crippen LogP contribution < -0.4 is 5.32 Å². The summed E-state index contributed by atoms with van der Waals surface area (Å²) in [5.74, 6) is 0.437. The molecule has 0 spiro atoms. The second-order valence-electron chi connectivity index (χ2n) is 5.63. The molecule has 1 atom stereocenters. The van der Waals surface area contributed by atoms with Gasteiger partial charge in [-0.25, -0.2) is 0 Å². The van der Waals surface area contributed by atoms with E-state index < -0.39 is 0 Å². The summed E-state index contributed by atoms with van der Waals surface area (Å²) in [7, 11) is 0. The van der Waals surface area contributed by atoms with Crippen LogP contribution in [0.1, 0.15) is 40.1 Å². The molecule has 2 N–H and O–H groups in total. The van der Waals surface area contributed by atoms with Gasteiger partial charge in [-0.2, -0.15) is 5.10 Å². The summed E-state index contributed by atoms with van der Waals surface area (Å²) in [6.45, 7) is 6.10. The van der Waals surface area contributed by atoms with Gasteiger partial charge < -0.3 is 9.73 Å². The Bertz CT molecular complexity index is 819.